The third kappa shape index (κ3) is 3.96. The van der Waals surface area contributed by atoms with Gasteiger partial charge in [0, 0.05) is 16.7 Å². The molecule has 32 heavy (non-hydrogen) atoms. The van der Waals surface area contributed by atoms with E-state index in [1.807, 2.05) is 78.9 Å². The highest BCUT2D eigenvalue weighted by Gasteiger charge is 2.14. The molecular weight excluding hydrogens is 400 g/mol. The summed E-state index contributed by atoms with van der Waals surface area (Å²) >= 11 is 0. The lowest BCUT2D eigenvalue weighted by atomic mass is 10.1. The van der Waals surface area contributed by atoms with Gasteiger partial charge >= 0.3 is 0 Å². The summed E-state index contributed by atoms with van der Waals surface area (Å²) in [5.74, 6) is 3.20. The molecule has 0 saturated heterocycles. The monoisotopic (exact) mass is 420 g/mol. The zero-order valence-corrected chi connectivity index (χ0v) is 17.3. The van der Waals surface area contributed by atoms with Gasteiger partial charge in [-0.1, -0.05) is 55.1 Å². The Bertz CT molecular complexity index is 1330. The van der Waals surface area contributed by atoms with Gasteiger partial charge in [-0.2, -0.15) is 0 Å². The van der Waals surface area contributed by atoms with Gasteiger partial charge < -0.3 is 13.6 Å². The second-order valence-corrected chi connectivity index (χ2v) is 7.10. The van der Waals surface area contributed by atoms with Crippen LogP contribution in [-0.4, -0.2) is 16.6 Å². The van der Waals surface area contributed by atoms with Crippen LogP contribution in [0.15, 0.2) is 113 Å². The quantitative estimate of drug-likeness (QED) is 0.268. The number of rotatable bonds is 7. The van der Waals surface area contributed by atoms with Crippen molar-refractivity contribution in [3.8, 4) is 51.3 Å². The molecule has 2 aromatic heterocycles. The van der Waals surface area contributed by atoms with Gasteiger partial charge in [0.25, 0.3) is 0 Å². The summed E-state index contributed by atoms with van der Waals surface area (Å²) in [6.07, 6.45) is 5.16. The van der Waals surface area contributed by atoms with Gasteiger partial charge in [0.2, 0.25) is 11.8 Å². The Kier molecular flexibility index (Phi) is 5.37. The Balaban J connectivity index is 1.38. The van der Waals surface area contributed by atoms with Crippen LogP contribution in [0.5, 0.6) is 5.75 Å². The van der Waals surface area contributed by atoms with Gasteiger partial charge in [-0.3, -0.25) is 0 Å². The Labute approximate surface area is 185 Å². The molecule has 156 valence electrons. The summed E-state index contributed by atoms with van der Waals surface area (Å²) in [6.45, 7) is 4.12. The van der Waals surface area contributed by atoms with Crippen LogP contribution in [-0.2, 0) is 0 Å². The number of hydrogen-bond donors (Lipinski definition) is 0. The lowest BCUT2D eigenvalue weighted by Crippen LogP contribution is -1.94. The molecule has 2 heterocycles. The van der Waals surface area contributed by atoms with Crippen LogP contribution in [0.2, 0.25) is 0 Å². The third-order valence-electron chi connectivity index (χ3n) is 4.96. The molecule has 5 aromatic rings. The standard InChI is InChI=1S/C27H20N2O3/c1-2-16-30-23-11-7-6-10-22(23)25-18-29-27(32-25)21-14-12-20(13-15-21)26-28-17-24(31-26)19-8-4-3-5-9-19/h2-15,17-18H,1,16H2. The maximum absolute atomic E-state index is 6.03. The fourth-order valence-corrected chi connectivity index (χ4v) is 3.38. The molecule has 0 amide bonds. The van der Waals surface area contributed by atoms with Crippen molar-refractivity contribution in [2.75, 3.05) is 6.61 Å². The first-order valence-corrected chi connectivity index (χ1v) is 10.2. The normalized spacial score (nSPS) is 10.8. The fraction of sp³-hybridized carbons (Fsp3) is 0.0370. The van der Waals surface area contributed by atoms with Crippen molar-refractivity contribution >= 4 is 0 Å². The molecule has 3 aromatic carbocycles. The molecule has 0 aliphatic carbocycles. The van der Waals surface area contributed by atoms with E-state index in [4.69, 9.17) is 13.6 Å². The van der Waals surface area contributed by atoms with Gasteiger partial charge in [-0.05, 0) is 36.4 Å². The number of aromatic nitrogens is 2. The van der Waals surface area contributed by atoms with Crippen molar-refractivity contribution in [3.05, 3.63) is 104 Å². The Morgan fingerprint density at radius 3 is 1.97 bits per heavy atom. The molecule has 0 N–H and O–H groups in total. The molecule has 0 aliphatic rings. The molecule has 0 aliphatic heterocycles. The summed E-state index contributed by atoms with van der Waals surface area (Å²) < 4.78 is 17.7. The molecule has 0 fully saturated rings. The molecule has 0 bridgehead atoms. The maximum Gasteiger partial charge on any atom is 0.226 e. The fourth-order valence-electron chi connectivity index (χ4n) is 3.38. The number of nitrogens with zero attached hydrogens (tertiary/aromatic N) is 2. The average molecular weight is 420 g/mol. The average Bonchev–Trinajstić information content (AvgIpc) is 3.54. The highest BCUT2D eigenvalue weighted by molar-refractivity contribution is 5.68. The topological polar surface area (TPSA) is 61.3 Å². The van der Waals surface area contributed by atoms with Crippen molar-refractivity contribution in [1.82, 2.24) is 9.97 Å². The first kappa shape index (κ1) is 19.6. The first-order chi connectivity index (χ1) is 15.8. The summed E-state index contributed by atoms with van der Waals surface area (Å²) in [6, 6.07) is 25.4. The SMILES string of the molecule is C=CCOc1ccccc1-c1cnc(-c2ccc(-c3ncc(-c4ccccc4)o3)cc2)o1. The predicted octanol–water partition coefficient (Wildman–Crippen LogP) is 6.90. The van der Waals surface area contributed by atoms with Crippen molar-refractivity contribution in [2.45, 2.75) is 0 Å². The van der Waals surface area contributed by atoms with Gasteiger partial charge in [-0.15, -0.1) is 0 Å². The Hall–Kier alpha value is -4.38. The first-order valence-electron chi connectivity index (χ1n) is 10.2. The third-order valence-corrected chi connectivity index (χ3v) is 4.96. The number of hydrogen-bond acceptors (Lipinski definition) is 5. The maximum atomic E-state index is 6.03. The summed E-state index contributed by atoms with van der Waals surface area (Å²) in [5.41, 5.74) is 3.58. The van der Waals surface area contributed by atoms with E-state index in [2.05, 4.69) is 16.5 Å². The van der Waals surface area contributed by atoms with E-state index in [0.29, 0.717) is 24.1 Å². The van der Waals surface area contributed by atoms with Crippen molar-refractivity contribution in [3.63, 3.8) is 0 Å². The van der Waals surface area contributed by atoms with E-state index in [9.17, 15) is 0 Å². The van der Waals surface area contributed by atoms with Crippen LogP contribution in [0.4, 0.5) is 0 Å². The largest absolute Gasteiger partial charge is 0.489 e. The van der Waals surface area contributed by atoms with E-state index in [1.54, 1.807) is 18.5 Å². The van der Waals surface area contributed by atoms with Crippen LogP contribution >= 0.6 is 0 Å². The van der Waals surface area contributed by atoms with E-state index in [0.717, 1.165) is 33.8 Å². The van der Waals surface area contributed by atoms with Crippen LogP contribution in [0.1, 0.15) is 0 Å². The Morgan fingerprint density at radius 2 is 1.28 bits per heavy atom. The highest BCUT2D eigenvalue weighted by Crippen LogP contribution is 2.33. The molecule has 0 saturated carbocycles. The van der Waals surface area contributed by atoms with Crippen LogP contribution in [0.25, 0.3) is 45.6 Å². The van der Waals surface area contributed by atoms with E-state index in [1.165, 1.54) is 0 Å². The second kappa shape index (κ2) is 8.78. The number of oxazole rings is 2. The van der Waals surface area contributed by atoms with Crippen LogP contribution in [0.3, 0.4) is 0 Å². The molecule has 0 unspecified atom stereocenters. The van der Waals surface area contributed by atoms with Gasteiger partial charge in [0.1, 0.15) is 12.4 Å². The van der Waals surface area contributed by atoms with Gasteiger partial charge in [0.15, 0.2) is 11.5 Å². The van der Waals surface area contributed by atoms with Crippen molar-refractivity contribution < 1.29 is 13.6 Å². The highest BCUT2D eigenvalue weighted by atomic mass is 16.5. The van der Waals surface area contributed by atoms with Crippen molar-refractivity contribution in [1.29, 1.82) is 0 Å². The Morgan fingerprint density at radius 1 is 0.688 bits per heavy atom. The molecule has 5 rings (SSSR count). The van der Waals surface area contributed by atoms with E-state index in [-0.39, 0.29) is 0 Å². The number of para-hydroxylation sites is 1. The van der Waals surface area contributed by atoms with E-state index < -0.39 is 0 Å². The summed E-state index contributed by atoms with van der Waals surface area (Å²) in [4.78, 5) is 8.87. The molecule has 0 radical (unpaired) electrons. The zero-order valence-electron chi connectivity index (χ0n) is 17.3. The smallest absolute Gasteiger partial charge is 0.226 e. The zero-order chi connectivity index (χ0) is 21.8. The molecule has 0 atom stereocenters. The van der Waals surface area contributed by atoms with Gasteiger partial charge in [-0.25, -0.2) is 9.97 Å². The number of benzene rings is 3. The molecular formula is C27H20N2O3. The minimum atomic E-state index is 0.423. The minimum absolute atomic E-state index is 0.423. The van der Waals surface area contributed by atoms with E-state index >= 15 is 0 Å². The number of ether oxygens (including phenoxy) is 1. The molecule has 0 spiro atoms. The van der Waals surface area contributed by atoms with Crippen LogP contribution in [0, 0.1) is 0 Å². The van der Waals surface area contributed by atoms with Crippen molar-refractivity contribution in [2.24, 2.45) is 0 Å². The van der Waals surface area contributed by atoms with Crippen LogP contribution < -0.4 is 4.74 Å². The summed E-state index contributed by atoms with van der Waals surface area (Å²) in [5, 5.41) is 0. The minimum Gasteiger partial charge on any atom is -0.489 e. The van der Waals surface area contributed by atoms with Gasteiger partial charge in [0.05, 0.1) is 18.0 Å². The summed E-state index contributed by atoms with van der Waals surface area (Å²) in [7, 11) is 0. The lowest BCUT2D eigenvalue weighted by molar-refractivity contribution is 0.363. The molecule has 5 nitrogen and oxygen atoms in total. The molecule has 5 heteroatoms. The predicted molar refractivity (Wildman–Crippen MR) is 124 cm³/mol. The lowest BCUT2D eigenvalue weighted by Gasteiger charge is -2.07. The second-order valence-electron chi connectivity index (χ2n) is 7.10.